The molecule has 0 aliphatic heterocycles. The second kappa shape index (κ2) is 5.61. The Bertz CT molecular complexity index is 544. The van der Waals surface area contributed by atoms with Crippen molar-refractivity contribution in [1.82, 2.24) is 4.90 Å². The monoisotopic (exact) mass is 289 g/mol. The average molecular weight is 290 g/mol. The molecular formula is C17H20ClNO. The normalized spacial score (nSPS) is 18.5. The largest absolute Gasteiger partial charge is 0.336 e. The van der Waals surface area contributed by atoms with E-state index in [1.807, 2.05) is 31.2 Å². The van der Waals surface area contributed by atoms with Gasteiger partial charge in [0.05, 0.1) is 0 Å². The number of carbonyl (C=O) groups is 1. The molecule has 1 amide bonds. The number of nitrogens with zero attached hydrogens (tertiary/aromatic N) is 1. The molecule has 3 rings (SSSR count). The molecule has 1 aromatic carbocycles. The summed E-state index contributed by atoms with van der Waals surface area (Å²) in [7, 11) is 0. The molecular weight excluding hydrogens is 270 g/mol. The van der Waals surface area contributed by atoms with Gasteiger partial charge in [-0.3, -0.25) is 4.79 Å². The molecule has 0 radical (unpaired) electrons. The highest BCUT2D eigenvalue weighted by molar-refractivity contribution is 6.31. The van der Waals surface area contributed by atoms with Gasteiger partial charge in [-0.25, -0.2) is 0 Å². The molecule has 0 bridgehead atoms. The summed E-state index contributed by atoms with van der Waals surface area (Å²) in [4.78, 5) is 14.4. The van der Waals surface area contributed by atoms with Crippen LogP contribution in [0.1, 0.15) is 36.8 Å². The molecule has 0 heterocycles. The molecule has 0 unspecified atom stereocenters. The maximum Gasteiger partial charge on any atom is 0.246 e. The van der Waals surface area contributed by atoms with E-state index < -0.39 is 0 Å². The van der Waals surface area contributed by atoms with Crippen LogP contribution in [0, 0.1) is 12.8 Å². The Kier molecular flexibility index (Phi) is 3.84. The molecule has 0 atom stereocenters. The summed E-state index contributed by atoms with van der Waals surface area (Å²) in [6, 6.07) is 6.38. The molecule has 106 valence electrons. The van der Waals surface area contributed by atoms with Crippen LogP contribution in [-0.4, -0.2) is 23.4 Å². The number of rotatable bonds is 5. The third-order valence-corrected chi connectivity index (χ3v) is 4.44. The standard InChI is InChI=1S/C17H20ClNO/c1-12-2-3-13(10-16(12)18)6-9-17(20)19(15-7-8-15)11-14-4-5-14/h2-3,6,9-10,14-15H,4-5,7-8,11H2,1H3/b9-6+. The number of hydrogen-bond donors (Lipinski definition) is 0. The van der Waals surface area contributed by atoms with E-state index in [2.05, 4.69) is 4.90 Å². The van der Waals surface area contributed by atoms with Crippen molar-refractivity contribution in [2.45, 2.75) is 38.6 Å². The minimum atomic E-state index is 0.149. The van der Waals surface area contributed by atoms with E-state index in [4.69, 9.17) is 11.6 Å². The minimum absolute atomic E-state index is 0.149. The Morgan fingerprint density at radius 3 is 2.70 bits per heavy atom. The number of hydrogen-bond acceptors (Lipinski definition) is 1. The highest BCUT2D eigenvalue weighted by Gasteiger charge is 2.35. The number of halogens is 1. The molecule has 2 nitrogen and oxygen atoms in total. The van der Waals surface area contributed by atoms with Gasteiger partial charge in [-0.15, -0.1) is 0 Å². The summed E-state index contributed by atoms with van der Waals surface area (Å²) in [5.74, 6) is 0.901. The number of carbonyl (C=O) groups excluding carboxylic acids is 1. The van der Waals surface area contributed by atoms with Crippen LogP contribution in [0.4, 0.5) is 0 Å². The fourth-order valence-electron chi connectivity index (χ4n) is 2.36. The van der Waals surface area contributed by atoms with Crippen LogP contribution in [0.2, 0.25) is 5.02 Å². The van der Waals surface area contributed by atoms with Gasteiger partial charge < -0.3 is 4.90 Å². The van der Waals surface area contributed by atoms with Gasteiger partial charge in [0.25, 0.3) is 0 Å². The van der Waals surface area contributed by atoms with Crippen LogP contribution in [0.15, 0.2) is 24.3 Å². The van der Waals surface area contributed by atoms with Gasteiger partial charge in [-0.2, -0.15) is 0 Å². The van der Waals surface area contributed by atoms with Crippen LogP contribution in [-0.2, 0) is 4.79 Å². The zero-order valence-corrected chi connectivity index (χ0v) is 12.6. The third-order valence-electron chi connectivity index (χ3n) is 4.04. The first-order valence-electron chi connectivity index (χ1n) is 7.38. The SMILES string of the molecule is Cc1ccc(/C=C/C(=O)N(CC2CC2)C2CC2)cc1Cl. The van der Waals surface area contributed by atoms with Crippen molar-refractivity contribution in [3.8, 4) is 0 Å². The maximum atomic E-state index is 12.3. The van der Waals surface area contributed by atoms with Crippen molar-refractivity contribution >= 4 is 23.6 Å². The average Bonchev–Trinajstić information content (AvgIpc) is 3.29. The molecule has 0 N–H and O–H groups in total. The number of aryl methyl sites for hydroxylation is 1. The first-order chi connectivity index (χ1) is 9.63. The van der Waals surface area contributed by atoms with Crippen molar-refractivity contribution < 1.29 is 4.79 Å². The molecule has 1 aromatic rings. The van der Waals surface area contributed by atoms with E-state index in [1.54, 1.807) is 6.08 Å². The van der Waals surface area contributed by atoms with Crippen molar-refractivity contribution in [2.24, 2.45) is 5.92 Å². The van der Waals surface area contributed by atoms with E-state index in [-0.39, 0.29) is 5.91 Å². The molecule has 0 aromatic heterocycles. The maximum absolute atomic E-state index is 12.3. The lowest BCUT2D eigenvalue weighted by Crippen LogP contribution is -2.33. The Balaban J connectivity index is 1.66. The van der Waals surface area contributed by atoms with Crippen LogP contribution in [0.5, 0.6) is 0 Å². The topological polar surface area (TPSA) is 20.3 Å². The fourth-order valence-corrected chi connectivity index (χ4v) is 2.55. The summed E-state index contributed by atoms with van der Waals surface area (Å²) in [5.41, 5.74) is 2.04. The van der Waals surface area contributed by atoms with Crippen LogP contribution in [0.25, 0.3) is 6.08 Å². The van der Waals surface area contributed by atoms with Gasteiger partial charge in [0.15, 0.2) is 0 Å². The van der Waals surface area contributed by atoms with Gasteiger partial charge >= 0.3 is 0 Å². The van der Waals surface area contributed by atoms with Crippen molar-refractivity contribution in [3.05, 3.63) is 40.4 Å². The van der Waals surface area contributed by atoms with E-state index in [1.165, 1.54) is 25.7 Å². The Hall–Kier alpha value is -1.28. The van der Waals surface area contributed by atoms with Crippen LogP contribution >= 0.6 is 11.6 Å². The molecule has 3 heteroatoms. The number of amides is 1. The second-order valence-electron chi connectivity index (χ2n) is 6.01. The van der Waals surface area contributed by atoms with Crippen molar-refractivity contribution in [1.29, 1.82) is 0 Å². The quantitative estimate of drug-likeness (QED) is 0.749. The van der Waals surface area contributed by atoms with Gasteiger partial charge in [0.2, 0.25) is 5.91 Å². The summed E-state index contributed by atoms with van der Waals surface area (Å²) >= 11 is 6.10. The summed E-state index contributed by atoms with van der Waals surface area (Å²) < 4.78 is 0. The van der Waals surface area contributed by atoms with Gasteiger partial charge in [-0.1, -0.05) is 23.7 Å². The highest BCUT2D eigenvalue weighted by atomic mass is 35.5. The zero-order chi connectivity index (χ0) is 14.1. The van der Waals surface area contributed by atoms with Crippen LogP contribution in [0.3, 0.4) is 0 Å². The first-order valence-corrected chi connectivity index (χ1v) is 7.76. The summed E-state index contributed by atoms with van der Waals surface area (Å²) in [6.45, 7) is 2.92. The molecule has 0 spiro atoms. The molecule has 2 aliphatic carbocycles. The predicted molar refractivity (Wildman–Crippen MR) is 82.7 cm³/mol. The summed E-state index contributed by atoms with van der Waals surface area (Å²) in [5, 5.41) is 0.747. The lowest BCUT2D eigenvalue weighted by Gasteiger charge is -2.20. The highest BCUT2D eigenvalue weighted by Crippen LogP contribution is 2.35. The molecule has 2 saturated carbocycles. The number of benzene rings is 1. The molecule has 20 heavy (non-hydrogen) atoms. The molecule has 2 aliphatic rings. The lowest BCUT2D eigenvalue weighted by atomic mass is 10.1. The molecule has 2 fully saturated rings. The third kappa shape index (κ3) is 3.43. The Morgan fingerprint density at radius 1 is 1.35 bits per heavy atom. The van der Waals surface area contributed by atoms with Gasteiger partial charge in [-0.05, 0) is 61.8 Å². The zero-order valence-electron chi connectivity index (χ0n) is 11.8. The lowest BCUT2D eigenvalue weighted by molar-refractivity contribution is -0.126. The Labute approximate surface area is 125 Å². The van der Waals surface area contributed by atoms with Gasteiger partial charge in [0.1, 0.15) is 0 Å². The van der Waals surface area contributed by atoms with Crippen molar-refractivity contribution in [2.75, 3.05) is 6.54 Å². The van der Waals surface area contributed by atoms with E-state index in [9.17, 15) is 4.79 Å². The van der Waals surface area contributed by atoms with E-state index >= 15 is 0 Å². The van der Waals surface area contributed by atoms with Gasteiger partial charge in [0, 0.05) is 23.7 Å². The van der Waals surface area contributed by atoms with E-state index in [0.29, 0.717) is 6.04 Å². The summed E-state index contributed by atoms with van der Waals surface area (Å²) in [6.07, 6.45) is 8.48. The van der Waals surface area contributed by atoms with Crippen LogP contribution < -0.4 is 0 Å². The second-order valence-corrected chi connectivity index (χ2v) is 6.41. The van der Waals surface area contributed by atoms with Crippen molar-refractivity contribution in [3.63, 3.8) is 0 Å². The predicted octanol–water partition coefficient (Wildman–Crippen LogP) is 4.06. The van der Waals surface area contributed by atoms with E-state index in [0.717, 1.165) is 28.6 Å². The molecule has 0 saturated heterocycles. The fraction of sp³-hybridized carbons (Fsp3) is 0.471. The minimum Gasteiger partial charge on any atom is -0.336 e. The first kappa shape index (κ1) is 13.7. The Morgan fingerprint density at radius 2 is 2.10 bits per heavy atom. The smallest absolute Gasteiger partial charge is 0.246 e.